The number of aliphatic hydroxyl groups excluding tert-OH is 1. The standard InChI is InChI=1S/C9H9BO/c10-7-3-1-6-2-4-9(11)8(6)5-7/h1,3,5,9,11H,2,4H2. The molecule has 2 radical (unpaired) electrons. The topological polar surface area (TPSA) is 20.2 Å². The lowest BCUT2D eigenvalue weighted by Gasteiger charge is -2.03. The molecule has 1 nitrogen and oxygen atoms in total. The Balaban J connectivity index is 2.52. The zero-order valence-corrected chi connectivity index (χ0v) is 6.25. The van der Waals surface area contributed by atoms with Crippen molar-refractivity contribution in [3.63, 3.8) is 0 Å². The minimum atomic E-state index is -0.284. The Labute approximate surface area is 67.5 Å². The minimum absolute atomic E-state index is 0.284. The van der Waals surface area contributed by atoms with Crippen molar-refractivity contribution in [1.82, 2.24) is 0 Å². The molecule has 1 aliphatic carbocycles. The highest BCUT2D eigenvalue weighted by Gasteiger charge is 2.18. The van der Waals surface area contributed by atoms with E-state index in [-0.39, 0.29) is 6.10 Å². The maximum absolute atomic E-state index is 9.45. The van der Waals surface area contributed by atoms with E-state index in [2.05, 4.69) is 0 Å². The van der Waals surface area contributed by atoms with Crippen LogP contribution in [0.25, 0.3) is 0 Å². The van der Waals surface area contributed by atoms with E-state index in [4.69, 9.17) is 7.85 Å². The molecule has 11 heavy (non-hydrogen) atoms. The number of aliphatic hydroxyl groups is 1. The normalized spacial score (nSPS) is 21.7. The lowest BCUT2D eigenvalue weighted by atomic mass is 9.92. The summed E-state index contributed by atoms with van der Waals surface area (Å²) < 4.78 is 0. The van der Waals surface area contributed by atoms with Gasteiger partial charge in [-0.15, -0.1) is 0 Å². The summed E-state index contributed by atoms with van der Waals surface area (Å²) in [5.41, 5.74) is 3.00. The first kappa shape index (κ1) is 6.92. The Morgan fingerprint density at radius 2 is 2.27 bits per heavy atom. The summed E-state index contributed by atoms with van der Waals surface area (Å²) in [5, 5.41) is 9.45. The molecule has 54 valence electrons. The fourth-order valence-corrected chi connectivity index (χ4v) is 1.60. The van der Waals surface area contributed by atoms with E-state index in [1.807, 2.05) is 18.2 Å². The average Bonchev–Trinajstić information content (AvgIpc) is 2.33. The highest BCUT2D eigenvalue weighted by Crippen LogP contribution is 2.29. The lowest BCUT2D eigenvalue weighted by molar-refractivity contribution is 0.180. The molecule has 0 bridgehead atoms. The highest BCUT2D eigenvalue weighted by atomic mass is 16.3. The second kappa shape index (κ2) is 2.38. The molecular weight excluding hydrogens is 135 g/mol. The predicted molar refractivity (Wildman–Crippen MR) is 45.1 cm³/mol. The van der Waals surface area contributed by atoms with Gasteiger partial charge in [0.2, 0.25) is 0 Å². The molecule has 0 saturated heterocycles. The Kier molecular flexibility index (Phi) is 1.50. The van der Waals surface area contributed by atoms with Crippen LogP contribution < -0.4 is 5.46 Å². The highest BCUT2D eigenvalue weighted by molar-refractivity contribution is 6.32. The molecule has 2 rings (SSSR count). The molecule has 0 aliphatic heterocycles. The Bertz CT molecular complexity index is 283. The van der Waals surface area contributed by atoms with Crippen LogP contribution in [-0.2, 0) is 6.42 Å². The van der Waals surface area contributed by atoms with Gasteiger partial charge in [-0.05, 0) is 24.0 Å². The van der Waals surface area contributed by atoms with Crippen LogP contribution in [0.3, 0.4) is 0 Å². The van der Waals surface area contributed by atoms with E-state index in [1.165, 1.54) is 5.56 Å². The zero-order valence-electron chi connectivity index (χ0n) is 6.25. The molecule has 2 heteroatoms. The molecule has 1 aromatic rings. The van der Waals surface area contributed by atoms with Crippen molar-refractivity contribution in [3.8, 4) is 0 Å². The molecule has 0 fully saturated rings. The molecule has 1 N–H and O–H groups in total. The van der Waals surface area contributed by atoms with Crippen LogP contribution in [0.2, 0.25) is 0 Å². The Morgan fingerprint density at radius 3 is 3.09 bits per heavy atom. The maximum atomic E-state index is 9.45. The molecule has 0 amide bonds. The number of benzene rings is 1. The van der Waals surface area contributed by atoms with Gasteiger partial charge in [-0.25, -0.2) is 0 Å². The quantitative estimate of drug-likeness (QED) is 0.524. The van der Waals surface area contributed by atoms with Crippen LogP contribution in [0.15, 0.2) is 18.2 Å². The van der Waals surface area contributed by atoms with Gasteiger partial charge in [0, 0.05) is 0 Å². The molecule has 1 aromatic carbocycles. The Hall–Kier alpha value is -0.755. The summed E-state index contributed by atoms with van der Waals surface area (Å²) in [6.07, 6.45) is 1.55. The first-order valence-electron chi connectivity index (χ1n) is 3.84. The van der Waals surface area contributed by atoms with Crippen molar-refractivity contribution in [2.75, 3.05) is 0 Å². The smallest absolute Gasteiger partial charge is 0.113 e. The number of hydrogen-bond acceptors (Lipinski definition) is 1. The first-order chi connectivity index (χ1) is 5.27. The molecule has 0 spiro atoms. The van der Waals surface area contributed by atoms with Gasteiger partial charge in [0.25, 0.3) is 0 Å². The summed E-state index contributed by atoms with van der Waals surface area (Å²) in [5.74, 6) is 0. The van der Waals surface area contributed by atoms with Crippen LogP contribution in [0, 0.1) is 0 Å². The number of rotatable bonds is 0. The third-order valence-electron chi connectivity index (χ3n) is 2.22. The van der Waals surface area contributed by atoms with Gasteiger partial charge in [0.05, 0.1) is 6.10 Å². The Morgan fingerprint density at radius 1 is 1.45 bits per heavy atom. The van der Waals surface area contributed by atoms with Gasteiger partial charge in [0.1, 0.15) is 7.85 Å². The largest absolute Gasteiger partial charge is 0.388 e. The molecule has 0 saturated carbocycles. The molecule has 0 aromatic heterocycles. The monoisotopic (exact) mass is 144 g/mol. The lowest BCUT2D eigenvalue weighted by Crippen LogP contribution is -2.04. The van der Waals surface area contributed by atoms with Gasteiger partial charge in [-0.3, -0.25) is 0 Å². The van der Waals surface area contributed by atoms with E-state index in [1.54, 1.807) is 0 Å². The van der Waals surface area contributed by atoms with E-state index in [9.17, 15) is 5.11 Å². The second-order valence-corrected chi connectivity index (χ2v) is 3.01. The maximum Gasteiger partial charge on any atom is 0.113 e. The van der Waals surface area contributed by atoms with Gasteiger partial charge >= 0.3 is 0 Å². The third-order valence-corrected chi connectivity index (χ3v) is 2.22. The van der Waals surface area contributed by atoms with Crippen LogP contribution >= 0.6 is 0 Å². The van der Waals surface area contributed by atoms with Gasteiger partial charge in [0.15, 0.2) is 0 Å². The van der Waals surface area contributed by atoms with Crippen molar-refractivity contribution in [3.05, 3.63) is 29.3 Å². The van der Waals surface area contributed by atoms with Crippen LogP contribution in [0.1, 0.15) is 23.7 Å². The van der Waals surface area contributed by atoms with Crippen LogP contribution in [0.4, 0.5) is 0 Å². The minimum Gasteiger partial charge on any atom is -0.388 e. The average molecular weight is 144 g/mol. The number of hydrogen-bond donors (Lipinski definition) is 1. The van der Waals surface area contributed by atoms with E-state index < -0.39 is 0 Å². The molecule has 1 atom stereocenters. The van der Waals surface area contributed by atoms with Gasteiger partial charge in [-0.1, -0.05) is 23.7 Å². The summed E-state index contributed by atoms with van der Waals surface area (Å²) in [6.45, 7) is 0. The molecule has 1 unspecified atom stereocenters. The van der Waals surface area contributed by atoms with Gasteiger partial charge < -0.3 is 5.11 Å². The van der Waals surface area contributed by atoms with Crippen molar-refractivity contribution in [2.24, 2.45) is 0 Å². The van der Waals surface area contributed by atoms with E-state index >= 15 is 0 Å². The fraction of sp³-hybridized carbons (Fsp3) is 0.333. The number of fused-ring (bicyclic) bond motifs is 1. The van der Waals surface area contributed by atoms with Crippen LogP contribution in [0.5, 0.6) is 0 Å². The molecular formula is C9H9BO. The van der Waals surface area contributed by atoms with Crippen molar-refractivity contribution < 1.29 is 5.11 Å². The third kappa shape index (κ3) is 1.08. The SMILES string of the molecule is [B]c1ccc2c(c1)C(O)CC2. The van der Waals surface area contributed by atoms with Crippen LogP contribution in [-0.4, -0.2) is 13.0 Å². The molecule has 0 heterocycles. The van der Waals surface area contributed by atoms with Gasteiger partial charge in [-0.2, -0.15) is 0 Å². The summed E-state index contributed by atoms with van der Waals surface area (Å²) in [6, 6.07) is 5.75. The second-order valence-electron chi connectivity index (χ2n) is 3.01. The first-order valence-corrected chi connectivity index (χ1v) is 3.84. The zero-order chi connectivity index (χ0) is 7.84. The van der Waals surface area contributed by atoms with E-state index in [0.29, 0.717) is 0 Å². The van der Waals surface area contributed by atoms with E-state index in [0.717, 1.165) is 23.9 Å². The summed E-state index contributed by atoms with van der Waals surface area (Å²) >= 11 is 0. The summed E-state index contributed by atoms with van der Waals surface area (Å²) in [4.78, 5) is 0. The number of aryl methyl sites for hydroxylation is 1. The molecule has 1 aliphatic rings. The van der Waals surface area contributed by atoms with Crippen molar-refractivity contribution in [2.45, 2.75) is 18.9 Å². The fourth-order valence-electron chi connectivity index (χ4n) is 1.60. The predicted octanol–water partition coefficient (Wildman–Crippen LogP) is 0.460. The van der Waals surface area contributed by atoms with Crippen molar-refractivity contribution in [1.29, 1.82) is 0 Å². The van der Waals surface area contributed by atoms with Crippen molar-refractivity contribution >= 4 is 13.3 Å². The summed E-state index contributed by atoms with van der Waals surface area (Å²) in [7, 11) is 5.58.